The highest BCUT2D eigenvalue weighted by atomic mass is 16.2. The first-order valence-electron chi connectivity index (χ1n) is 11.3. The minimum Gasteiger partial charge on any atom is -0.339 e. The van der Waals surface area contributed by atoms with Gasteiger partial charge in [0.05, 0.1) is 10.9 Å². The summed E-state index contributed by atoms with van der Waals surface area (Å²) >= 11 is 0. The maximum Gasteiger partial charge on any atom is 0.329 e. The molecule has 1 aliphatic heterocycles. The molecule has 3 heterocycles. The van der Waals surface area contributed by atoms with Crippen LogP contribution in [0.5, 0.6) is 0 Å². The van der Waals surface area contributed by atoms with E-state index in [0.29, 0.717) is 23.5 Å². The lowest BCUT2D eigenvalue weighted by Crippen LogP contribution is -2.32. The summed E-state index contributed by atoms with van der Waals surface area (Å²) in [7, 11) is 0. The van der Waals surface area contributed by atoms with Crippen molar-refractivity contribution >= 4 is 28.5 Å². The molecule has 2 amide bonds. The van der Waals surface area contributed by atoms with Crippen molar-refractivity contribution in [2.45, 2.75) is 45.1 Å². The lowest BCUT2D eigenvalue weighted by atomic mass is 10.1. The molecule has 1 saturated carbocycles. The van der Waals surface area contributed by atoms with Crippen molar-refractivity contribution in [3.63, 3.8) is 0 Å². The quantitative estimate of drug-likeness (QED) is 0.623. The second kappa shape index (κ2) is 8.31. The maximum absolute atomic E-state index is 13.3. The molecule has 170 valence electrons. The van der Waals surface area contributed by atoms with Crippen molar-refractivity contribution in [3.05, 3.63) is 68.0 Å². The van der Waals surface area contributed by atoms with E-state index in [1.165, 1.54) is 4.57 Å². The molecule has 2 aromatic heterocycles. The van der Waals surface area contributed by atoms with E-state index in [2.05, 4.69) is 15.3 Å². The zero-order chi connectivity index (χ0) is 23.1. The van der Waals surface area contributed by atoms with Crippen LogP contribution in [0.1, 0.15) is 64.9 Å². The number of nitrogens with zero attached hydrogens (tertiary/aromatic N) is 3. The summed E-state index contributed by atoms with van der Waals surface area (Å²) in [6.07, 6.45) is 3.91. The summed E-state index contributed by atoms with van der Waals surface area (Å²) in [5.74, 6) is -0.318. The van der Waals surface area contributed by atoms with E-state index in [9.17, 15) is 19.2 Å². The van der Waals surface area contributed by atoms with E-state index >= 15 is 0 Å². The Labute approximate surface area is 189 Å². The van der Waals surface area contributed by atoms with Crippen LogP contribution < -0.4 is 16.6 Å². The predicted octanol–water partition coefficient (Wildman–Crippen LogP) is 2.47. The molecule has 2 N–H and O–H groups in total. The van der Waals surface area contributed by atoms with Gasteiger partial charge >= 0.3 is 5.69 Å². The van der Waals surface area contributed by atoms with Gasteiger partial charge in [0.15, 0.2) is 5.65 Å². The fourth-order valence-corrected chi connectivity index (χ4v) is 4.39. The van der Waals surface area contributed by atoms with Gasteiger partial charge in [0.2, 0.25) is 0 Å². The highest BCUT2D eigenvalue weighted by Gasteiger charge is 2.29. The van der Waals surface area contributed by atoms with Gasteiger partial charge in [0.1, 0.15) is 0 Å². The van der Waals surface area contributed by atoms with E-state index < -0.39 is 17.2 Å². The average Bonchev–Trinajstić information content (AvgIpc) is 3.52. The van der Waals surface area contributed by atoms with Crippen LogP contribution in [0.2, 0.25) is 0 Å². The van der Waals surface area contributed by atoms with Crippen LogP contribution in [0.4, 0.5) is 5.69 Å². The summed E-state index contributed by atoms with van der Waals surface area (Å²) in [6, 6.07) is 8.45. The number of likely N-dealkylation sites (tertiary alicyclic amines) is 1. The third-order valence-corrected chi connectivity index (χ3v) is 6.29. The number of nitrogens with one attached hydrogen (secondary N) is 2. The highest BCUT2D eigenvalue weighted by Crippen LogP contribution is 2.40. The fourth-order valence-electron chi connectivity index (χ4n) is 4.39. The van der Waals surface area contributed by atoms with E-state index in [1.807, 2.05) is 4.90 Å². The Morgan fingerprint density at radius 1 is 1.15 bits per heavy atom. The van der Waals surface area contributed by atoms with Crippen LogP contribution >= 0.6 is 0 Å². The predicted molar refractivity (Wildman–Crippen MR) is 124 cm³/mol. The molecule has 0 atom stereocenters. The molecule has 2 fully saturated rings. The molecule has 1 saturated heterocycles. The number of rotatable bonds is 5. The van der Waals surface area contributed by atoms with Gasteiger partial charge in [-0.25, -0.2) is 9.78 Å². The molecule has 0 unspecified atom stereocenters. The van der Waals surface area contributed by atoms with Crippen molar-refractivity contribution < 1.29 is 9.59 Å². The summed E-state index contributed by atoms with van der Waals surface area (Å²) in [4.78, 5) is 59.7. The number of anilines is 1. The van der Waals surface area contributed by atoms with Gasteiger partial charge in [0.25, 0.3) is 17.4 Å². The molecular weight excluding hydrogens is 422 g/mol. The first kappa shape index (κ1) is 21.1. The molecule has 5 rings (SSSR count). The van der Waals surface area contributed by atoms with Gasteiger partial charge in [-0.15, -0.1) is 0 Å². The number of amides is 2. The molecule has 33 heavy (non-hydrogen) atoms. The van der Waals surface area contributed by atoms with Gasteiger partial charge < -0.3 is 10.2 Å². The average molecular weight is 447 g/mol. The van der Waals surface area contributed by atoms with E-state index in [-0.39, 0.29) is 28.4 Å². The summed E-state index contributed by atoms with van der Waals surface area (Å²) in [6.45, 7) is 3.58. The Hall–Kier alpha value is -3.75. The van der Waals surface area contributed by atoms with Crippen LogP contribution in [0.3, 0.4) is 0 Å². The molecule has 9 heteroatoms. The molecule has 0 bridgehead atoms. The number of benzene rings is 1. The van der Waals surface area contributed by atoms with Crippen LogP contribution in [-0.4, -0.2) is 44.3 Å². The SMILES string of the molecule is CCn1c(=O)[nH]c(=O)c2c(C(=O)Nc3cccc(C(=O)N4CCCC4)c3)cc(C3CC3)nc21. The number of H-pyrrole nitrogens is 1. The first-order valence-corrected chi connectivity index (χ1v) is 11.3. The normalized spacial score (nSPS) is 15.7. The molecular formula is C24H25N5O4. The third-order valence-electron chi connectivity index (χ3n) is 6.29. The first-order chi connectivity index (χ1) is 16.0. The Morgan fingerprint density at radius 3 is 2.61 bits per heavy atom. The molecule has 1 aliphatic carbocycles. The molecule has 3 aromatic rings. The second-order valence-electron chi connectivity index (χ2n) is 8.61. The minimum atomic E-state index is -0.641. The van der Waals surface area contributed by atoms with Crippen LogP contribution in [0, 0.1) is 0 Å². The van der Waals surface area contributed by atoms with Gasteiger partial charge in [-0.2, -0.15) is 0 Å². The van der Waals surface area contributed by atoms with Crippen molar-refractivity contribution in [2.75, 3.05) is 18.4 Å². The Morgan fingerprint density at radius 2 is 1.91 bits per heavy atom. The van der Waals surface area contributed by atoms with Crippen LogP contribution in [0.25, 0.3) is 11.0 Å². The van der Waals surface area contributed by atoms with Crippen LogP contribution in [0.15, 0.2) is 39.9 Å². The molecule has 9 nitrogen and oxygen atoms in total. The van der Waals surface area contributed by atoms with Gasteiger partial charge in [0, 0.05) is 42.5 Å². The van der Waals surface area contributed by atoms with Crippen molar-refractivity contribution in [2.24, 2.45) is 0 Å². The minimum absolute atomic E-state index is 0.0580. The number of aromatic amines is 1. The number of aromatic nitrogens is 3. The topological polar surface area (TPSA) is 117 Å². The molecule has 0 spiro atoms. The Bertz CT molecular complexity index is 1380. The van der Waals surface area contributed by atoms with Gasteiger partial charge in [-0.05, 0) is 56.9 Å². The Balaban J connectivity index is 1.54. The maximum atomic E-state index is 13.3. The number of hydrogen-bond donors (Lipinski definition) is 2. The van der Waals surface area contributed by atoms with Gasteiger partial charge in [-0.1, -0.05) is 6.07 Å². The number of carbonyl (C=O) groups excluding carboxylic acids is 2. The smallest absolute Gasteiger partial charge is 0.329 e. The molecule has 0 radical (unpaired) electrons. The monoisotopic (exact) mass is 447 g/mol. The largest absolute Gasteiger partial charge is 0.339 e. The van der Waals surface area contributed by atoms with Crippen molar-refractivity contribution in [3.8, 4) is 0 Å². The van der Waals surface area contributed by atoms with E-state index in [4.69, 9.17) is 0 Å². The van der Waals surface area contributed by atoms with Gasteiger partial charge in [-0.3, -0.25) is 23.9 Å². The lowest BCUT2D eigenvalue weighted by molar-refractivity contribution is 0.0792. The van der Waals surface area contributed by atoms with E-state index in [1.54, 1.807) is 37.3 Å². The van der Waals surface area contributed by atoms with Crippen molar-refractivity contribution in [1.29, 1.82) is 0 Å². The second-order valence-corrected chi connectivity index (χ2v) is 8.61. The molecule has 1 aromatic carbocycles. The highest BCUT2D eigenvalue weighted by molar-refractivity contribution is 6.12. The summed E-state index contributed by atoms with van der Waals surface area (Å²) < 4.78 is 1.37. The Kier molecular flexibility index (Phi) is 5.32. The number of pyridine rings is 1. The number of carbonyl (C=O) groups is 2. The number of fused-ring (bicyclic) bond motifs is 1. The van der Waals surface area contributed by atoms with E-state index in [0.717, 1.165) is 38.8 Å². The zero-order valence-corrected chi connectivity index (χ0v) is 18.4. The molecule has 2 aliphatic rings. The fraction of sp³-hybridized carbons (Fsp3) is 0.375. The standard InChI is InChI=1S/C24H25N5O4/c1-2-29-20-19(22(31)27-24(29)33)17(13-18(26-20)14-8-9-14)21(30)25-16-7-5-6-15(12-16)23(32)28-10-3-4-11-28/h5-7,12-14H,2-4,8-11H2,1H3,(H,25,30)(H,27,31,33). The lowest BCUT2D eigenvalue weighted by Gasteiger charge is -2.16. The summed E-state index contributed by atoms with van der Waals surface area (Å²) in [5, 5.41) is 2.91. The van der Waals surface area contributed by atoms with Crippen LogP contribution in [-0.2, 0) is 6.54 Å². The zero-order valence-electron chi connectivity index (χ0n) is 18.4. The number of hydrogen-bond acceptors (Lipinski definition) is 5. The third kappa shape index (κ3) is 3.94. The number of aryl methyl sites for hydroxylation is 1. The van der Waals surface area contributed by atoms with Crippen molar-refractivity contribution in [1.82, 2.24) is 19.4 Å². The summed E-state index contributed by atoms with van der Waals surface area (Å²) in [5.41, 5.74) is 0.875.